The van der Waals surface area contributed by atoms with Gasteiger partial charge in [0.25, 0.3) is 15.9 Å². The highest BCUT2D eigenvalue weighted by Gasteiger charge is 2.16. The Morgan fingerprint density at radius 2 is 1.72 bits per heavy atom. The minimum atomic E-state index is -3.84. The fourth-order valence-electron chi connectivity index (χ4n) is 1.91. The van der Waals surface area contributed by atoms with Crippen LogP contribution in [-0.2, 0) is 26.1 Å². The first-order valence-electron chi connectivity index (χ1n) is 7.44. The van der Waals surface area contributed by atoms with E-state index in [1.54, 1.807) is 29.7 Å². The third-order valence-corrected chi connectivity index (χ3v) is 4.39. The summed E-state index contributed by atoms with van der Waals surface area (Å²) in [4.78, 5) is 25.5. The molecule has 1 aromatic carbocycles. The molecule has 9 heteroatoms. The number of carbonyl (C=O) groups is 2. The maximum atomic E-state index is 12.0. The molecule has 0 unspecified atom stereocenters. The van der Waals surface area contributed by atoms with Gasteiger partial charge in [-0.05, 0) is 19.1 Å². The molecule has 1 amide bonds. The number of sulfonamides is 1. The topological polar surface area (TPSA) is 105 Å². The van der Waals surface area contributed by atoms with Gasteiger partial charge in [0.05, 0.1) is 17.1 Å². The zero-order chi connectivity index (χ0) is 18.3. The first-order chi connectivity index (χ1) is 11.9. The molecule has 0 fully saturated rings. The third-order valence-electron chi connectivity index (χ3n) is 3.12. The molecule has 0 saturated carbocycles. The van der Waals surface area contributed by atoms with Gasteiger partial charge in [-0.15, -0.1) is 4.83 Å². The maximum Gasteiger partial charge on any atom is 0.372 e. The van der Waals surface area contributed by atoms with Crippen LogP contribution in [0, 0.1) is 0 Å². The first kappa shape index (κ1) is 18.6. The van der Waals surface area contributed by atoms with Crippen LogP contribution >= 0.6 is 0 Å². The van der Waals surface area contributed by atoms with Gasteiger partial charge in [0.1, 0.15) is 0 Å². The minimum absolute atomic E-state index is 0.0242. The molecule has 0 aliphatic heterocycles. The van der Waals surface area contributed by atoms with E-state index >= 15 is 0 Å². The number of hydrazine groups is 1. The van der Waals surface area contributed by atoms with Crippen molar-refractivity contribution in [3.8, 4) is 0 Å². The molecule has 25 heavy (non-hydrogen) atoms. The smallest absolute Gasteiger partial charge is 0.372 e. The molecule has 1 heterocycles. The van der Waals surface area contributed by atoms with Gasteiger partial charge >= 0.3 is 5.97 Å². The van der Waals surface area contributed by atoms with E-state index < -0.39 is 15.9 Å². The SMILES string of the molecule is CCOC(=O)C[n+]1ccc(C(=O)NNS(=O)(=O)c2ccccc2)cc1. The summed E-state index contributed by atoms with van der Waals surface area (Å²) in [5.74, 6) is -1.01. The van der Waals surface area contributed by atoms with Gasteiger partial charge in [0, 0.05) is 12.1 Å². The van der Waals surface area contributed by atoms with Crippen molar-refractivity contribution in [2.75, 3.05) is 6.61 Å². The molecular formula is C16H18N3O5S+. The number of benzene rings is 1. The molecule has 2 aromatic rings. The fourth-order valence-corrected chi connectivity index (χ4v) is 2.77. The van der Waals surface area contributed by atoms with Crippen molar-refractivity contribution in [3.63, 3.8) is 0 Å². The predicted octanol–water partition coefficient (Wildman–Crippen LogP) is 0.161. The molecule has 2 N–H and O–H groups in total. The number of nitrogens with zero attached hydrogens (tertiary/aromatic N) is 1. The monoisotopic (exact) mass is 364 g/mol. The Labute approximate surface area is 145 Å². The van der Waals surface area contributed by atoms with Crippen LogP contribution in [0.1, 0.15) is 17.3 Å². The Hall–Kier alpha value is -2.78. The number of nitrogens with one attached hydrogen (secondary N) is 2. The average molecular weight is 364 g/mol. The molecule has 0 radical (unpaired) electrons. The van der Waals surface area contributed by atoms with Gasteiger partial charge in [-0.1, -0.05) is 18.2 Å². The second kappa shape index (κ2) is 8.36. The Kier molecular flexibility index (Phi) is 6.20. The highest BCUT2D eigenvalue weighted by molar-refractivity contribution is 7.89. The Bertz CT molecular complexity index is 836. The highest BCUT2D eigenvalue weighted by Crippen LogP contribution is 2.06. The van der Waals surface area contributed by atoms with Crippen molar-refractivity contribution in [2.24, 2.45) is 0 Å². The van der Waals surface area contributed by atoms with Crippen molar-refractivity contribution in [2.45, 2.75) is 18.4 Å². The summed E-state index contributed by atoms with van der Waals surface area (Å²) in [6.07, 6.45) is 3.05. The van der Waals surface area contributed by atoms with Gasteiger partial charge in [-0.25, -0.2) is 13.2 Å². The van der Waals surface area contributed by atoms with Crippen LogP contribution in [0.5, 0.6) is 0 Å². The van der Waals surface area contributed by atoms with E-state index in [1.165, 1.54) is 36.7 Å². The number of esters is 1. The zero-order valence-corrected chi connectivity index (χ0v) is 14.3. The number of carbonyl (C=O) groups excluding carboxylic acids is 2. The molecule has 2 rings (SSSR count). The van der Waals surface area contributed by atoms with E-state index in [0.29, 0.717) is 6.61 Å². The van der Waals surface area contributed by atoms with E-state index in [9.17, 15) is 18.0 Å². The van der Waals surface area contributed by atoms with Crippen LogP contribution in [0.15, 0.2) is 59.8 Å². The van der Waals surface area contributed by atoms with E-state index in [-0.39, 0.29) is 23.0 Å². The summed E-state index contributed by atoms with van der Waals surface area (Å²) >= 11 is 0. The lowest BCUT2D eigenvalue weighted by Crippen LogP contribution is -2.42. The van der Waals surface area contributed by atoms with Crippen molar-refractivity contribution >= 4 is 21.9 Å². The molecule has 8 nitrogen and oxygen atoms in total. The van der Waals surface area contributed by atoms with Crippen LogP contribution in [0.4, 0.5) is 0 Å². The first-order valence-corrected chi connectivity index (χ1v) is 8.92. The summed E-state index contributed by atoms with van der Waals surface area (Å²) in [5, 5.41) is 0. The van der Waals surface area contributed by atoms with Crippen molar-refractivity contribution in [1.82, 2.24) is 10.3 Å². The lowest BCUT2D eigenvalue weighted by Gasteiger charge is -2.08. The van der Waals surface area contributed by atoms with Gasteiger partial charge in [-0.2, -0.15) is 4.57 Å². The van der Waals surface area contributed by atoms with Crippen LogP contribution in [-0.4, -0.2) is 26.9 Å². The van der Waals surface area contributed by atoms with Crippen LogP contribution < -0.4 is 14.8 Å². The molecular weight excluding hydrogens is 346 g/mol. The quantitative estimate of drug-likeness (QED) is 0.414. The maximum absolute atomic E-state index is 12.0. The van der Waals surface area contributed by atoms with E-state index in [1.807, 2.05) is 4.83 Å². The fraction of sp³-hybridized carbons (Fsp3) is 0.188. The summed E-state index contributed by atoms with van der Waals surface area (Å²) < 4.78 is 30.4. The van der Waals surface area contributed by atoms with E-state index in [4.69, 9.17) is 4.74 Å². The second-order valence-electron chi connectivity index (χ2n) is 4.94. The van der Waals surface area contributed by atoms with Gasteiger partial charge in [-0.3, -0.25) is 10.2 Å². The molecule has 0 bridgehead atoms. The Balaban J connectivity index is 1.96. The number of hydrogen-bond donors (Lipinski definition) is 2. The van der Waals surface area contributed by atoms with Crippen molar-refractivity contribution in [3.05, 3.63) is 60.4 Å². The number of hydrogen-bond acceptors (Lipinski definition) is 5. The van der Waals surface area contributed by atoms with Crippen LogP contribution in [0.2, 0.25) is 0 Å². The molecule has 0 aliphatic carbocycles. The average Bonchev–Trinajstić information content (AvgIpc) is 2.61. The number of aromatic nitrogens is 1. The van der Waals surface area contributed by atoms with Crippen molar-refractivity contribution in [1.29, 1.82) is 0 Å². The van der Waals surface area contributed by atoms with Crippen LogP contribution in [0.25, 0.3) is 0 Å². The molecule has 132 valence electrons. The largest absolute Gasteiger partial charge is 0.461 e. The highest BCUT2D eigenvalue weighted by atomic mass is 32.2. The number of rotatable bonds is 7. The summed E-state index contributed by atoms with van der Waals surface area (Å²) in [6.45, 7) is 2.03. The van der Waals surface area contributed by atoms with Gasteiger partial charge in [0.2, 0.25) is 6.54 Å². The Morgan fingerprint density at radius 1 is 1.08 bits per heavy atom. The summed E-state index contributed by atoms with van der Waals surface area (Å²) in [7, 11) is -3.84. The molecule has 0 atom stereocenters. The molecule has 0 saturated heterocycles. The minimum Gasteiger partial charge on any atom is -0.461 e. The normalized spacial score (nSPS) is 10.9. The van der Waals surface area contributed by atoms with Gasteiger partial charge < -0.3 is 4.74 Å². The third kappa shape index (κ3) is 5.37. The lowest BCUT2D eigenvalue weighted by molar-refractivity contribution is -0.686. The molecule has 0 spiro atoms. The second-order valence-corrected chi connectivity index (χ2v) is 6.62. The van der Waals surface area contributed by atoms with Crippen molar-refractivity contribution < 1.29 is 27.3 Å². The lowest BCUT2D eigenvalue weighted by atomic mass is 10.2. The van der Waals surface area contributed by atoms with E-state index in [0.717, 1.165) is 0 Å². The number of ether oxygens (including phenoxy) is 1. The van der Waals surface area contributed by atoms with Gasteiger partial charge in [0.15, 0.2) is 12.4 Å². The van der Waals surface area contributed by atoms with Crippen LogP contribution in [0.3, 0.4) is 0 Å². The predicted molar refractivity (Wildman–Crippen MR) is 87.5 cm³/mol. The molecule has 0 aliphatic rings. The Morgan fingerprint density at radius 3 is 2.32 bits per heavy atom. The summed E-state index contributed by atoms with van der Waals surface area (Å²) in [6, 6.07) is 10.6. The standard InChI is InChI=1S/C16H17N3O5S/c1-2-24-15(20)12-19-10-8-13(9-11-19)16(21)17-18-25(22,23)14-6-4-3-5-7-14/h3-11,21H,2,12H2,1H3/p+1. The number of amides is 1. The zero-order valence-electron chi connectivity index (χ0n) is 13.5. The van der Waals surface area contributed by atoms with E-state index in [2.05, 4.69) is 5.43 Å². The summed E-state index contributed by atoms with van der Waals surface area (Å²) in [5.41, 5.74) is 2.37. The number of pyridine rings is 1. The molecule has 1 aromatic heterocycles.